The van der Waals surface area contributed by atoms with E-state index >= 15 is 0 Å². The highest BCUT2D eigenvalue weighted by Crippen LogP contribution is 2.17. The summed E-state index contributed by atoms with van der Waals surface area (Å²) in [5, 5.41) is 2.77. The number of thioether (sulfide) groups is 1. The Labute approximate surface area is 133 Å². The van der Waals surface area contributed by atoms with Crippen LogP contribution in [-0.4, -0.2) is 21.7 Å². The molecule has 0 unspecified atom stereocenters. The van der Waals surface area contributed by atoms with E-state index in [0.717, 1.165) is 10.6 Å². The van der Waals surface area contributed by atoms with Crippen molar-refractivity contribution in [3.63, 3.8) is 0 Å². The van der Waals surface area contributed by atoms with Gasteiger partial charge in [-0.25, -0.2) is 4.98 Å². The van der Waals surface area contributed by atoms with Crippen LogP contribution in [0.1, 0.15) is 25.5 Å². The predicted molar refractivity (Wildman–Crippen MR) is 89.4 cm³/mol. The first-order chi connectivity index (χ1) is 10.5. The van der Waals surface area contributed by atoms with Crippen molar-refractivity contribution in [2.24, 2.45) is 0 Å². The van der Waals surface area contributed by atoms with Gasteiger partial charge in [0.2, 0.25) is 5.91 Å². The number of amides is 1. The number of hydrogen-bond donors (Lipinski definition) is 1. The lowest BCUT2D eigenvalue weighted by molar-refractivity contribution is -0.116. The van der Waals surface area contributed by atoms with Gasteiger partial charge in [0.1, 0.15) is 6.54 Å². The highest BCUT2D eigenvalue weighted by atomic mass is 32.2. The molecule has 0 fully saturated rings. The molecule has 0 bridgehead atoms. The number of hydrogen-bond acceptors (Lipinski definition) is 4. The van der Waals surface area contributed by atoms with Gasteiger partial charge >= 0.3 is 0 Å². The van der Waals surface area contributed by atoms with Crippen LogP contribution in [0.15, 0.2) is 46.3 Å². The minimum absolute atomic E-state index is 0.0471. The Morgan fingerprint density at radius 1 is 1.32 bits per heavy atom. The van der Waals surface area contributed by atoms with E-state index in [1.54, 1.807) is 11.8 Å². The summed E-state index contributed by atoms with van der Waals surface area (Å²) in [4.78, 5) is 29.3. The number of benzene rings is 1. The monoisotopic (exact) mass is 317 g/mol. The van der Waals surface area contributed by atoms with Crippen LogP contribution in [0, 0.1) is 0 Å². The minimum Gasteiger partial charge on any atom is -0.325 e. The topological polar surface area (TPSA) is 64.0 Å². The summed E-state index contributed by atoms with van der Waals surface area (Å²) in [6.45, 7) is 3.89. The second kappa shape index (κ2) is 7.26. The lowest BCUT2D eigenvalue weighted by atomic mass is 10.1. The van der Waals surface area contributed by atoms with Crippen molar-refractivity contribution in [1.29, 1.82) is 0 Å². The summed E-state index contributed by atoms with van der Waals surface area (Å²) in [5.41, 5.74) is 1.23. The normalized spacial score (nSPS) is 10.7. The Bertz CT molecular complexity index is 708. The van der Waals surface area contributed by atoms with Crippen LogP contribution in [0.25, 0.3) is 0 Å². The average molecular weight is 317 g/mol. The van der Waals surface area contributed by atoms with Crippen molar-refractivity contribution in [3.8, 4) is 0 Å². The number of nitrogens with zero attached hydrogens (tertiary/aromatic N) is 2. The lowest BCUT2D eigenvalue weighted by Gasteiger charge is -2.09. The molecule has 2 aromatic rings. The minimum atomic E-state index is -0.252. The van der Waals surface area contributed by atoms with Crippen molar-refractivity contribution >= 4 is 23.4 Å². The molecule has 0 aliphatic rings. The molecular formula is C16H19N3O2S. The van der Waals surface area contributed by atoms with Gasteiger partial charge in [-0.3, -0.25) is 14.2 Å². The molecule has 22 heavy (non-hydrogen) atoms. The van der Waals surface area contributed by atoms with Crippen molar-refractivity contribution in [1.82, 2.24) is 9.55 Å². The van der Waals surface area contributed by atoms with Gasteiger partial charge in [-0.05, 0) is 36.4 Å². The first kappa shape index (κ1) is 16.3. The number of carbonyl (C=O) groups is 1. The molecule has 2 rings (SSSR count). The molecule has 0 radical (unpaired) electrons. The van der Waals surface area contributed by atoms with E-state index in [2.05, 4.69) is 10.3 Å². The number of nitrogens with one attached hydrogen (secondary N) is 1. The van der Waals surface area contributed by atoms with Crippen LogP contribution < -0.4 is 10.9 Å². The molecule has 1 heterocycles. The zero-order chi connectivity index (χ0) is 16.1. The zero-order valence-corrected chi connectivity index (χ0v) is 13.7. The van der Waals surface area contributed by atoms with Gasteiger partial charge < -0.3 is 5.32 Å². The van der Waals surface area contributed by atoms with Crippen molar-refractivity contribution < 1.29 is 4.79 Å². The number of anilines is 1. The summed E-state index contributed by atoms with van der Waals surface area (Å²) in [6.07, 6.45) is 3.42. The van der Waals surface area contributed by atoms with Crippen LogP contribution in [-0.2, 0) is 11.3 Å². The van der Waals surface area contributed by atoms with Gasteiger partial charge in [-0.2, -0.15) is 0 Å². The Balaban J connectivity index is 2.03. The third-order valence-corrected chi connectivity index (χ3v) is 3.92. The van der Waals surface area contributed by atoms with E-state index in [1.165, 1.54) is 17.0 Å². The third-order valence-electron chi connectivity index (χ3n) is 3.18. The summed E-state index contributed by atoms with van der Waals surface area (Å²) in [6, 6.07) is 9.03. The van der Waals surface area contributed by atoms with E-state index in [1.807, 2.05) is 44.4 Å². The van der Waals surface area contributed by atoms with Crippen LogP contribution >= 0.6 is 11.8 Å². The fraction of sp³-hybridized carbons (Fsp3) is 0.312. The molecule has 1 amide bonds. The molecule has 0 spiro atoms. The van der Waals surface area contributed by atoms with Gasteiger partial charge in [-0.15, -0.1) is 11.8 Å². The Kier molecular flexibility index (Phi) is 5.38. The van der Waals surface area contributed by atoms with E-state index in [0.29, 0.717) is 5.69 Å². The predicted octanol–water partition coefficient (Wildman–Crippen LogP) is 2.73. The number of aromatic nitrogens is 2. The van der Waals surface area contributed by atoms with E-state index in [4.69, 9.17) is 0 Å². The fourth-order valence-electron chi connectivity index (χ4n) is 1.90. The van der Waals surface area contributed by atoms with Crippen molar-refractivity contribution in [2.45, 2.75) is 31.2 Å². The Morgan fingerprint density at radius 2 is 2.00 bits per heavy atom. The van der Waals surface area contributed by atoms with Crippen molar-refractivity contribution in [2.75, 3.05) is 11.6 Å². The van der Waals surface area contributed by atoms with Crippen LogP contribution in [0.2, 0.25) is 0 Å². The second-order valence-electron chi connectivity index (χ2n) is 5.21. The summed E-state index contributed by atoms with van der Waals surface area (Å²) in [7, 11) is 0. The van der Waals surface area contributed by atoms with Gasteiger partial charge in [0.25, 0.3) is 5.56 Å². The molecule has 0 aliphatic heterocycles. The molecule has 0 saturated heterocycles. The second-order valence-corrected chi connectivity index (χ2v) is 6.09. The number of rotatable bonds is 5. The van der Waals surface area contributed by atoms with Gasteiger partial charge in [0.05, 0.1) is 12.0 Å². The third kappa shape index (κ3) is 4.21. The summed E-state index contributed by atoms with van der Waals surface area (Å²) < 4.78 is 1.30. The maximum absolute atomic E-state index is 12.0. The highest BCUT2D eigenvalue weighted by molar-refractivity contribution is 7.98. The molecule has 0 saturated carbocycles. The number of carbonyl (C=O) groups excluding carboxylic acids is 1. The first-order valence-corrected chi connectivity index (χ1v) is 8.22. The average Bonchev–Trinajstić information content (AvgIpc) is 2.50. The smallest absolute Gasteiger partial charge is 0.254 e. The lowest BCUT2D eigenvalue weighted by Crippen LogP contribution is -2.28. The quantitative estimate of drug-likeness (QED) is 0.861. The van der Waals surface area contributed by atoms with Gasteiger partial charge in [0, 0.05) is 16.6 Å². The molecule has 0 aliphatic carbocycles. The maximum atomic E-state index is 12.0. The summed E-state index contributed by atoms with van der Waals surface area (Å²) >= 11 is 1.64. The van der Waals surface area contributed by atoms with Crippen LogP contribution in [0.5, 0.6) is 0 Å². The fourth-order valence-corrected chi connectivity index (χ4v) is 2.31. The van der Waals surface area contributed by atoms with Gasteiger partial charge in [-0.1, -0.05) is 13.8 Å². The SMILES string of the molecule is CSc1ccc(NC(=O)Cn2cnc(C(C)C)cc2=O)cc1. The Morgan fingerprint density at radius 3 is 2.55 bits per heavy atom. The molecule has 1 aromatic carbocycles. The molecule has 116 valence electrons. The molecular weight excluding hydrogens is 298 g/mol. The Hall–Kier alpha value is -2.08. The van der Waals surface area contributed by atoms with Crippen LogP contribution in [0.3, 0.4) is 0 Å². The van der Waals surface area contributed by atoms with E-state index in [9.17, 15) is 9.59 Å². The highest BCUT2D eigenvalue weighted by Gasteiger charge is 2.08. The molecule has 1 N–H and O–H groups in total. The van der Waals surface area contributed by atoms with Gasteiger partial charge in [0.15, 0.2) is 0 Å². The molecule has 1 aromatic heterocycles. The maximum Gasteiger partial charge on any atom is 0.254 e. The zero-order valence-electron chi connectivity index (χ0n) is 12.9. The molecule has 0 atom stereocenters. The molecule has 5 nitrogen and oxygen atoms in total. The van der Waals surface area contributed by atoms with Crippen LogP contribution in [0.4, 0.5) is 5.69 Å². The standard InChI is InChI=1S/C16H19N3O2S/c1-11(2)14-8-16(21)19(10-17-14)9-15(20)18-12-4-6-13(22-3)7-5-12/h4-8,10-11H,9H2,1-3H3,(H,18,20). The largest absolute Gasteiger partial charge is 0.325 e. The first-order valence-electron chi connectivity index (χ1n) is 7.00. The molecule has 6 heteroatoms. The van der Waals surface area contributed by atoms with E-state index in [-0.39, 0.29) is 23.9 Å². The van der Waals surface area contributed by atoms with E-state index < -0.39 is 0 Å². The van der Waals surface area contributed by atoms with Crippen molar-refractivity contribution in [3.05, 3.63) is 52.7 Å². The summed E-state index contributed by atoms with van der Waals surface area (Å²) in [5.74, 6) is -0.0655.